The molecular formula is C16H31NO. The maximum atomic E-state index is 12.1. The Morgan fingerprint density at radius 1 is 1.06 bits per heavy atom. The summed E-state index contributed by atoms with van der Waals surface area (Å²) in [6.07, 6.45) is 12.0. The topological polar surface area (TPSA) is 29.1 Å². The second-order valence-electron chi connectivity index (χ2n) is 5.51. The van der Waals surface area contributed by atoms with Gasteiger partial charge in [0.05, 0.1) is 0 Å². The van der Waals surface area contributed by atoms with Gasteiger partial charge in [0.2, 0.25) is 5.91 Å². The second kappa shape index (κ2) is 10.2. The highest BCUT2D eigenvalue weighted by atomic mass is 16.2. The van der Waals surface area contributed by atoms with Gasteiger partial charge in [-0.1, -0.05) is 72.3 Å². The smallest absolute Gasteiger partial charge is 0.229 e. The Balaban J connectivity index is 4.28. The highest BCUT2D eigenvalue weighted by Crippen LogP contribution is 2.31. The molecule has 0 aromatic heterocycles. The van der Waals surface area contributed by atoms with E-state index in [2.05, 4.69) is 32.7 Å². The van der Waals surface area contributed by atoms with Gasteiger partial charge in [0, 0.05) is 5.41 Å². The van der Waals surface area contributed by atoms with E-state index in [4.69, 9.17) is 0 Å². The molecule has 1 unspecified atom stereocenters. The van der Waals surface area contributed by atoms with E-state index in [1.165, 1.54) is 38.3 Å². The van der Waals surface area contributed by atoms with E-state index in [1.807, 2.05) is 0 Å². The fraction of sp³-hybridized carbons (Fsp3) is 0.812. The predicted molar refractivity (Wildman–Crippen MR) is 79.3 cm³/mol. The van der Waals surface area contributed by atoms with Crippen LogP contribution in [0.5, 0.6) is 0 Å². The van der Waals surface area contributed by atoms with Crippen LogP contribution in [0.15, 0.2) is 12.8 Å². The van der Waals surface area contributed by atoms with E-state index in [-0.39, 0.29) is 11.3 Å². The first-order chi connectivity index (χ1) is 8.60. The molecule has 0 saturated carbocycles. The summed E-state index contributed by atoms with van der Waals surface area (Å²) in [7, 11) is 0. The zero-order valence-corrected chi connectivity index (χ0v) is 12.6. The monoisotopic (exact) mass is 253 g/mol. The van der Waals surface area contributed by atoms with E-state index in [0.717, 1.165) is 25.7 Å². The number of unbranched alkanes of at least 4 members (excludes halogenated alkanes) is 5. The van der Waals surface area contributed by atoms with Crippen molar-refractivity contribution >= 4 is 5.91 Å². The zero-order chi connectivity index (χ0) is 13.9. The average molecular weight is 253 g/mol. The van der Waals surface area contributed by atoms with E-state index in [1.54, 1.807) is 0 Å². The first kappa shape index (κ1) is 17.2. The summed E-state index contributed by atoms with van der Waals surface area (Å²) in [6.45, 7) is 10.1. The Kier molecular flexibility index (Phi) is 9.72. The van der Waals surface area contributed by atoms with Gasteiger partial charge in [-0.3, -0.25) is 4.79 Å². The van der Waals surface area contributed by atoms with E-state index in [9.17, 15) is 4.79 Å². The number of hydrogen-bond donors (Lipinski definition) is 1. The van der Waals surface area contributed by atoms with Crippen LogP contribution >= 0.6 is 0 Å². The molecule has 0 radical (unpaired) electrons. The summed E-state index contributed by atoms with van der Waals surface area (Å²) in [5.41, 5.74) is -0.211. The van der Waals surface area contributed by atoms with Crippen molar-refractivity contribution in [1.82, 2.24) is 5.32 Å². The number of nitrogens with one attached hydrogen (secondary N) is 1. The normalized spacial score (nSPS) is 13.9. The fourth-order valence-corrected chi connectivity index (χ4v) is 2.33. The fourth-order valence-electron chi connectivity index (χ4n) is 2.33. The SMILES string of the molecule is C=CNC(=O)C(C)(CCCCC)CCCCCC. The third kappa shape index (κ3) is 6.83. The minimum absolute atomic E-state index is 0.144. The molecule has 18 heavy (non-hydrogen) atoms. The van der Waals surface area contributed by atoms with Crippen molar-refractivity contribution < 1.29 is 4.79 Å². The molecular weight excluding hydrogens is 222 g/mol. The summed E-state index contributed by atoms with van der Waals surface area (Å²) < 4.78 is 0. The summed E-state index contributed by atoms with van der Waals surface area (Å²) >= 11 is 0. The van der Waals surface area contributed by atoms with Gasteiger partial charge in [-0.15, -0.1) is 0 Å². The number of hydrogen-bond acceptors (Lipinski definition) is 1. The van der Waals surface area contributed by atoms with Crippen LogP contribution in [0.2, 0.25) is 0 Å². The van der Waals surface area contributed by atoms with Crippen LogP contribution in [0.1, 0.15) is 78.6 Å². The lowest BCUT2D eigenvalue weighted by Gasteiger charge is -2.28. The Labute approximate surface area is 113 Å². The van der Waals surface area contributed by atoms with Gasteiger partial charge in [-0.05, 0) is 19.0 Å². The van der Waals surface area contributed by atoms with Crippen molar-refractivity contribution in [2.75, 3.05) is 0 Å². The van der Waals surface area contributed by atoms with Crippen LogP contribution < -0.4 is 5.32 Å². The lowest BCUT2D eigenvalue weighted by atomic mass is 9.79. The lowest BCUT2D eigenvalue weighted by molar-refractivity contribution is -0.130. The molecule has 0 aromatic carbocycles. The van der Waals surface area contributed by atoms with Crippen molar-refractivity contribution in [3.8, 4) is 0 Å². The molecule has 2 nitrogen and oxygen atoms in total. The Morgan fingerprint density at radius 3 is 2.06 bits per heavy atom. The van der Waals surface area contributed by atoms with Gasteiger partial charge in [-0.25, -0.2) is 0 Å². The standard InChI is InChI=1S/C16H31NO/c1-5-8-10-12-14-16(4,13-11-9-6-2)15(18)17-7-3/h7H,3,5-6,8-14H2,1-2,4H3,(H,17,18). The molecule has 1 amide bonds. The average Bonchev–Trinajstić information content (AvgIpc) is 2.35. The Hall–Kier alpha value is -0.790. The van der Waals surface area contributed by atoms with Crippen LogP contribution in [0, 0.1) is 5.41 Å². The van der Waals surface area contributed by atoms with Crippen molar-refractivity contribution in [2.24, 2.45) is 5.41 Å². The van der Waals surface area contributed by atoms with E-state index < -0.39 is 0 Å². The lowest BCUT2D eigenvalue weighted by Crippen LogP contribution is -2.36. The maximum Gasteiger partial charge on any atom is 0.229 e. The van der Waals surface area contributed by atoms with Crippen molar-refractivity contribution in [3.63, 3.8) is 0 Å². The third-order valence-electron chi connectivity index (χ3n) is 3.70. The van der Waals surface area contributed by atoms with Gasteiger partial charge in [0.15, 0.2) is 0 Å². The van der Waals surface area contributed by atoms with Crippen LogP contribution in [0.25, 0.3) is 0 Å². The van der Waals surface area contributed by atoms with Crippen LogP contribution in [-0.2, 0) is 4.79 Å². The van der Waals surface area contributed by atoms with Gasteiger partial charge < -0.3 is 5.32 Å². The summed E-state index contributed by atoms with van der Waals surface area (Å²) in [5, 5.41) is 2.78. The molecule has 1 N–H and O–H groups in total. The molecule has 0 spiro atoms. The molecule has 2 heteroatoms. The van der Waals surface area contributed by atoms with Crippen LogP contribution in [-0.4, -0.2) is 5.91 Å². The van der Waals surface area contributed by atoms with Crippen LogP contribution in [0.3, 0.4) is 0 Å². The summed E-state index contributed by atoms with van der Waals surface area (Å²) in [6, 6.07) is 0. The van der Waals surface area contributed by atoms with Crippen molar-refractivity contribution in [3.05, 3.63) is 12.8 Å². The van der Waals surface area contributed by atoms with Crippen molar-refractivity contribution in [2.45, 2.75) is 78.6 Å². The first-order valence-corrected chi connectivity index (χ1v) is 7.52. The molecule has 0 aliphatic carbocycles. The van der Waals surface area contributed by atoms with E-state index in [0.29, 0.717) is 0 Å². The third-order valence-corrected chi connectivity index (χ3v) is 3.70. The van der Waals surface area contributed by atoms with E-state index >= 15 is 0 Å². The molecule has 106 valence electrons. The number of amides is 1. The molecule has 0 aliphatic heterocycles. The highest BCUT2D eigenvalue weighted by Gasteiger charge is 2.31. The minimum atomic E-state index is -0.211. The predicted octanol–water partition coefficient (Wildman–Crippen LogP) is 4.80. The Bertz CT molecular complexity index is 237. The maximum absolute atomic E-state index is 12.1. The number of carbonyl (C=O) groups excluding carboxylic acids is 1. The molecule has 0 heterocycles. The summed E-state index contributed by atoms with van der Waals surface area (Å²) in [5.74, 6) is 0.144. The number of rotatable bonds is 11. The molecule has 0 aromatic rings. The molecule has 0 fully saturated rings. The minimum Gasteiger partial charge on any atom is -0.333 e. The van der Waals surface area contributed by atoms with Gasteiger partial charge in [0.1, 0.15) is 0 Å². The molecule has 0 bridgehead atoms. The molecule has 0 rings (SSSR count). The largest absolute Gasteiger partial charge is 0.333 e. The zero-order valence-electron chi connectivity index (χ0n) is 12.6. The van der Waals surface area contributed by atoms with Gasteiger partial charge in [0.25, 0.3) is 0 Å². The molecule has 0 saturated heterocycles. The first-order valence-electron chi connectivity index (χ1n) is 7.52. The Morgan fingerprint density at radius 2 is 1.56 bits per heavy atom. The summed E-state index contributed by atoms with van der Waals surface area (Å²) in [4.78, 5) is 12.1. The molecule has 1 atom stereocenters. The van der Waals surface area contributed by atoms with Gasteiger partial charge in [-0.2, -0.15) is 0 Å². The highest BCUT2D eigenvalue weighted by molar-refractivity contribution is 5.82. The van der Waals surface area contributed by atoms with Gasteiger partial charge >= 0.3 is 0 Å². The quantitative estimate of drug-likeness (QED) is 0.526. The van der Waals surface area contributed by atoms with Crippen LogP contribution in [0.4, 0.5) is 0 Å². The number of carbonyl (C=O) groups is 1. The second-order valence-corrected chi connectivity index (χ2v) is 5.51. The van der Waals surface area contributed by atoms with Crippen molar-refractivity contribution in [1.29, 1.82) is 0 Å². The molecule has 0 aliphatic rings.